The number of benzene rings is 3. The number of nitrogens with zero attached hydrogens (tertiary/aromatic N) is 1. The van der Waals surface area contributed by atoms with Crippen LogP contribution in [0.2, 0.25) is 0 Å². The minimum absolute atomic E-state index is 0.00629. The molecule has 8 fully saturated rings. The Kier molecular flexibility index (Phi) is 9.00. The van der Waals surface area contributed by atoms with E-state index in [0.29, 0.717) is 47.5 Å². The molecule has 57 heavy (non-hydrogen) atoms. The van der Waals surface area contributed by atoms with Gasteiger partial charge in [-0.25, -0.2) is 0 Å². The van der Waals surface area contributed by atoms with Crippen LogP contribution in [0.1, 0.15) is 135 Å². The Morgan fingerprint density at radius 3 is 2.26 bits per heavy atom. The van der Waals surface area contributed by atoms with Gasteiger partial charge in [0.2, 0.25) is 0 Å². The molecule has 15 atom stereocenters. The van der Waals surface area contributed by atoms with Crippen LogP contribution in [0.25, 0.3) is 21.5 Å². The van der Waals surface area contributed by atoms with E-state index in [9.17, 15) is 15.3 Å². The van der Waals surface area contributed by atoms with E-state index in [1.54, 1.807) is 5.56 Å². The number of rotatable bonds is 5. The van der Waals surface area contributed by atoms with Crippen molar-refractivity contribution in [2.24, 2.45) is 69.5 Å². The Hall–Kier alpha value is -1.98. The summed E-state index contributed by atoms with van der Waals surface area (Å²) in [5.74, 6) is 5.32. The highest BCUT2D eigenvalue weighted by Gasteiger charge is 2.73. The molecule has 2 spiro atoms. The van der Waals surface area contributed by atoms with Crippen molar-refractivity contribution < 1.29 is 15.3 Å². The fraction of sp³-hybridized carbons (Fsp3) is 0.736. The van der Waals surface area contributed by atoms with Crippen LogP contribution in [-0.2, 0) is 12.8 Å². The van der Waals surface area contributed by atoms with Gasteiger partial charge in [-0.3, -0.25) is 4.90 Å². The molecule has 2 bridgehead atoms. The number of aliphatic hydroxyl groups excluding tert-OH is 2. The van der Waals surface area contributed by atoms with Crippen molar-refractivity contribution in [1.29, 1.82) is 0 Å². The Morgan fingerprint density at radius 1 is 0.754 bits per heavy atom. The highest BCUT2D eigenvalue weighted by Crippen LogP contribution is 2.78. The quantitative estimate of drug-likeness (QED) is 0.226. The van der Waals surface area contributed by atoms with Gasteiger partial charge in [-0.05, 0) is 224 Å². The first-order chi connectivity index (χ1) is 27.4. The summed E-state index contributed by atoms with van der Waals surface area (Å²) in [5, 5.41) is 42.4. The van der Waals surface area contributed by atoms with Crippen molar-refractivity contribution in [3.63, 3.8) is 0 Å². The lowest BCUT2D eigenvalue weighted by molar-refractivity contribution is -0.231. The maximum absolute atomic E-state index is 12.4. The van der Waals surface area contributed by atoms with Gasteiger partial charge in [0.15, 0.2) is 0 Å². The lowest BCUT2D eigenvalue weighted by Crippen LogP contribution is -2.67. The molecule has 3 aromatic carbocycles. The van der Waals surface area contributed by atoms with E-state index in [2.05, 4.69) is 81.1 Å². The van der Waals surface area contributed by atoms with Crippen molar-refractivity contribution >= 4 is 21.5 Å². The molecular weight excluding hydrogens is 699 g/mol. The molecule has 15 unspecified atom stereocenters. The van der Waals surface area contributed by atoms with Crippen molar-refractivity contribution in [3.05, 3.63) is 59.7 Å². The van der Waals surface area contributed by atoms with Crippen LogP contribution >= 0.6 is 0 Å². The van der Waals surface area contributed by atoms with Crippen molar-refractivity contribution in [1.82, 2.24) is 4.90 Å². The van der Waals surface area contributed by atoms with Gasteiger partial charge in [0.25, 0.3) is 0 Å². The summed E-state index contributed by atoms with van der Waals surface area (Å²) in [4.78, 5) is 2.75. The zero-order chi connectivity index (χ0) is 39.1. The van der Waals surface area contributed by atoms with Gasteiger partial charge in [-0.2, -0.15) is 0 Å². The lowest BCUT2D eigenvalue weighted by atomic mass is 9.38. The Bertz CT molecular complexity index is 2020. The molecule has 308 valence electrons. The third-order valence-corrected chi connectivity index (χ3v) is 20.0. The molecule has 0 amide bonds. The summed E-state index contributed by atoms with van der Waals surface area (Å²) in [6.07, 6.45) is 19.5. The van der Waals surface area contributed by atoms with Gasteiger partial charge in [-0.15, -0.1) is 0 Å². The molecular formula is C53H73NO3. The van der Waals surface area contributed by atoms with Crippen molar-refractivity contribution in [2.75, 3.05) is 13.1 Å². The van der Waals surface area contributed by atoms with Crippen LogP contribution < -0.4 is 0 Å². The average Bonchev–Trinajstić information content (AvgIpc) is 3.74. The third-order valence-electron chi connectivity index (χ3n) is 20.0. The second kappa shape index (κ2) is 13.5. The van der Waals surface area contributed by atoms with Crippen LogP contribution in [0.3, 0.4) is 0 Å². The first-order valence-electron chi connectivity index (χ1n) is 24.2. The first kappa shape index (κ1) is 38.0. The summed E-state index contributed by atoms with van der Waals surface area (Å²) in [7, 11) is 0. The molecule has 3 N–H and O–H groups in total. The topological polar surface area (TPSA) is 63.9 Å². The monoisotopic (exact) mass is 772 g/mol. The second-order valence-electron chi connectivity index (χ2n) is 23.2. The summed E-state index contributed by atoms with van der Waals surface area (Å²) in [6.45, 7) is 11.7. The van der Waals surface area contributed by atoms with Gasteiger partial charge in [0.05, 0.1) is 17.8 Å². The van der Waals surface area contributed by atoms with Crippen LogP contribution in [-0.4, -0.2) is 57.2 Å². The van der Waals surface area contributed by atoms with Gasteiger partial charge >= 0.3 is 0 Å². The predicted octanol–water partition coefficient (Wildman–Crippen LogP) is 10.7. The molecule has 2 aliphatic heterocycles. The average molecular weight is 772 g/mol. The summed E-state index contributed by atoms with van der Waals surface area (Å²) in [6, 6.07) is 18.9. The molecule has 4 nitrogen and oxygen atoms in total. The fourth-order valence-electron chi connectivity index (χ4n) is 17.9. The number of fused-ring (bicyclic) bond motifs is 6. The lowest BCUT2D eigenvalue weighted by Gasteiger charge is -2.68. The van der Waals surface area contributed by atoms with Gasteiger partial charge in [0, 0.05) is 19.1 Å². The van der Waals surface area contributed by atoms with E-state index in [1.165, 1.54) is 104 Å². The van der Waals surface area contributed by atoms with E-state index >= 15 is 0 Å². The van der Waals surface area contributed by atoms with E-state index in [4.69, 9.17) is 0 Å². The maximum Gasteiger partial charge on any atom is 0.0805 e. The largest absolute Gasteiger partial charge is 0.393 e. The van der Waals surface area contributed by atoms with E-state index in [-0.39, 0.29) is 34.4 Å². The minimum Gasteiger partial charge on any atom is -0.393 e. The highest BCUT2D eigenvalue weighted by molar-refractivity contribution is 5.98. The molecule has 4 heteroatoms. The molecule has 11 rings (SSSR count). The first-order valence-corrected chi connectivity index (χ1v) is 24.2. The number of hydrogen-bond donors (Lipinski definition) is 3. The SMILES string of the molecule is CC(C)Cc1cc2cc3ccccc3cc2cc1CCC1CCC2(C1)CC13CCCC4(CC(O)C1CC2O)C1CCC2C(CN5CC(C)CCC5C2(C)O)C1CC34. The standard InChI is InChI=1S/C53H73NO3/c1-32(2)20-38-24-40-22-36-9-6-5-8-35(36)21-39(40)23-37(38)12-11-34-16-19-51(27-34)31-53-18-7-17-52(28-46(55)45(53)26-49(51)56)44-14-13-43-42(41(44)25-47(52)53)30-54-29-33(3)10-15-48(54)50(43,4)57/h5-6,8-9,21-24,32-34,41-49,55-57H,7,10-20,25-31H2,1-4H3. The molecule has 2 saturated heterocycles. The smallest absolute Gasteiger partial charge is 0.0805 e. The maximum atomic E-state index is 12.4. The number of piperidine rings is 2. The number of aryl methyl sites for hydroxylation is 1. The Labute approximate surface area is 343 Å². The van der Waals surface area contributed by atoms with Crippen LogP contribution in [0.5, 0.6) is 0 Å². The summed E-state index contributed by atoms with van der Waals surface area (Å²) in [5.41, 5.74) is 2.92. The molecule has 0 aromatic heterocycles. The van der Waals surface area contributed by atoms with Crippen LogP contribution in [0, 0.1) is 69.5 Å². The van der Waals surface area contributed by atoms with E-state index in [0.717, 1.165) is 51.0 Å². The number of hydrogen-bond acceptors (Lipinski definition) is 4. The van der Waals surface area contributed by atoms with Crippen molar-refractivity contribution in [2.45, 2.75) is 161 Å². The Balaban J connectivity index is 0.863. The molecule has 2 heterocycles. The predicted molar refractivity (Wildman–Crippen MR) is 232 cm³/mol. The normalized spacial score (nSPS) is 46.5. The molecule has 3 aromatic rings. The fourth-order valence-corrected chi connectivity index (χ4v) is 17.9. The number of aliphatic hydroxyl groups is 3. The minimum atomic E-state index is -0.594. The van der Waals surface area contributed by atoms with Gasteiger partial charge in [0.1, 0.15) is 0 Å². The van der Waals surface area contributed by atoms with Crippen LogP contribution in [0.15, 0.2) is 48.5 Å². The zero-order valence-electron chi connectivity index (χ0n) is 35.8. The highest BCUT2D eigenvalue weighted by atomic mass is 16.3. The third kappa shape index (κ3) is 5.71. The van der Waals surface area contributed by atoms with Gasteiger partial charge in [-0.1, -0.05) is 63.6 Å². The molecule has 6 saturated carbocycles. The molecule has 0 radical (unpaired) electrons. The van der Waals surface area contributed by atoms with Gasteiger partial charge < -0.3 is 15.3 Å². The van der Waals surface area contributed by atoms with E-state index < -0.39 is 5.60 Å². The second-order valence-corrected chi connectivity index (χ2v) is 23.2. The van der Waals surface area contributed by atoms with E-state index in [1.807, 2.05) is 0 Å². The Morgan fingerprint density at radius 2 is 1.49 bits per heavy atom. The van der Waals surface area contributed by atoms with Crippen LogP contribution in [0.4, 0.5) is 0 Å². The molecule has 6 aliphatic carbocycles. The molecule has 8 aliphatic rings. The summed E-state index contributed by atoms with van der Waals surface area (Å²) < 4.78 is 0. The summed E-state index contributed by atoms with van der Waals surface area (Å²) >= 11 is 0. The zero-order valence-corrected chi connectivity index (χ0v) is 35.8. The van der Waals surface area contributed by atoms with Crippen molar-refractivity contribution in [3.8, 4) is 0 Å².